The molecule has 5 nitrogen and oxygen atoms in total. The molecule has 88 valence electrons. The molecule has 0 aliphatic carbocycles. The highest BCUT2D eigenvalue weighted by Crippen LogP contribution is 2.25. The number of rotatable bonds is 3. The standard InChI is InChI=1S/C12H11NO4/c14-9-4-1-5-10(15)11(9)12(16)13-7-8-3-2-6-17-8/h1-6,14-15H,7H2,(H,13,16). The Hall–Kier alpha value is -2.43. The molecule has 2 aromatic rings. The van der Waals surface area contributed by atoms with Crippen molar-refractivity contribution in [2.45, 2.75) is 6.54 Å². The minimum Gasteiger partial charge on any atom is -0.507 e. The zero-order valence-corrected chi connectivity index (χ0v) is 8.88. The first-order chi connectivity index (χ1) is 8.18. The number of nitrogens with one attached hydrogen (secondary N) is 1. The van der Waals surface area contributed by atoms with E-state index < -0.39 is 5.91 Å². The van der Waals surface area contributed by atoms with Crippen molar-refractivity contribution in [1.82, 2.24) is 5.32 Å². The molecule has 0 spiro atoms. The van der Waals surface area contributed by atoms with E-state index in [9.17, 15) is 15.0 Å². The molecule has 2 rings (SSSR count). The van der Waals surface area contributed by atoms with Crippen molar-refractivity contribution in [3.63, 3.8) is 0 Å². The minimum atomic E-state index is -0.558. The third-order valence-corrected chi connectivity index (χ3v) is 2.25. The van der Waals surface area contributed by atoms with Gasteiger partial charge in [-0.05, 0) is 24.3 Å². The van der Waals surface area contributed by atoms with Gasteiger partial charge in [0.05, 0.1) is 12.8 Å². The van der Waals surface area contributed by atoms with Crippen molar-refractivity contribution >= 4 is 5.91 Å². The Morgan fingerprint density at radius 2 is 1.88 bits per heavy atom. The lowest BCUT2D eigenvalue weighted by atomic mass is 10.1. The molecule has 0 saturated heterocycles. The van der Waals surface area contributed by atoms with E-state index in [1.165, 1.54) is 24.5 Å². The fraction of sp³-hybridized carbons (Fsp3) is 0.0833. The fourth-order valence-electron chi connectivity index (χ4n) is 1.43. The van der Waals surface area contributed by atoms with Crippen LogP contribution in [0.25, 0.3) is 0 Å². The molecule has 1 aromatic heterocycles. The Kier molecular flexibility index (Phi) is 3.00. The van der Waals surface area contributed by atoms with Crippen LogP contribution >= 0.6 is 0 Å². The Balaban J connectivity index is 2.10. The number of phenolic OH excluding ortho intramolecular Hbond substituents is 2. The molecule has 0 radical (unpaired) electrons. The summed E-state index contributed by atoms with van der Waals surface area (Å²) in [5.41, 5.74) is -0.140. The fourth-order valence-corrected chi connectivity index (χ4v) is 1.43. The van der Waals surface area contributed by atoms with Gasteiger partial charge in [-0.15, -0.1) is 0 Å². The second-order valence-electron chi connectivity index (χ2n) is 3.43. The number of carbonyl (C=O) groups excluding carboxylic acids is 1. The first-order valence-corrected chi connectivity index (χ1v) is 5.00. The number of amides is 1. The summed E-state index contributed by atoms with van der Waals surface area (Å²) in [4.78, 5) is 11.7. The van der Waals surface area contributed by atoms with Crippen LogP contribution in [-0.2, 0) is 6.54 Å². The quantitative estimate of drug-likeness (QED) is 0.752. The summed E-state index contributed by atoms with van der Waals surface area (Å²) < 4.78 is 5.04. The molecule has 5 heteroatoms. The van der Waals surface area contributed by atoms with Gasteiger partial charge >= 0.3 is 0 Å². The summed E-state index contributed by atoms with van der Waals surface area (Å²) in [7, 11) is 0. The molecule has 3 N–H and O–H groups in total. The van der Waals surface area contributed by atoms with Crippen molar-refractivity contribution in [2.24, 2.45) is 0 Å². The molecule has 1 amide bonds. The van der Waals surface area contributed by atoms with Gasteiger partial charge in [-0.3, -0.25) is 4.79 Å². The summed E-state index contributed by atoms with van der Waals surface area (Å²) in [6, 6.07) is 7.54. The van der Waals surface area contributed by atoms with Crippen LogP contribution in [0.1, 0.15) is 16.1 Å². The van der Waals surface area contributed by atoms with Gasteiger partial charge in [0.2, 0.25) is 0 Å². The van der Waals surface area contributed by atoms with Crippen LogP contribution in [-0.4, -0.2) is 16.1 Å². The van der Waals surface area contributed by atoms with Crippen LogP contribution in [0.5, 0.6) is 11.5 Å². The second-order valence-corrected chi connectivity index (χ2v) is 3.43. The van der Waals surface area contributed by atoms with Crippen LogP contribution in [0.3, 0.4) is 0 Å². The van der Waals surface area contributed by atoms with Crippen molar-refractivity contribution in [2.75, 3.05) is 0 Å². The van der Waals surface area contributed by atoms with Gasteiger partial charge in [-0.1, -0.05) is 6.07 Å². The van der Waals surface area contributed by atoms with Crippen molar-refractivity contribution in [1.29, 1.82) is 0 Å². The van der Waals surface area contributed by atoms with E-state index in [0.29, 0.717) is 5.76 Å². The zero-order chi connectivity index (χ0) is 12.3. The molecular formula is C12H11NO4. The maximum atomic E-state index is 11.7. The first kappa shape index (κ1) is 11.1. The van der Waals surface area contributed by atoms with Gasteiger partial charge in [-0.2, -0.15) is 0 Å². The molecule has 0 bridgehead atoms. The number of carbonyl (C=O) groups is 1. The number of benzene rings is 1. The highest BCUT2D eigenvalue weighted by molar-refractivity contribution is 5.99. The lowest BCUT2D eigenvalue weighted by Crippen LogP contribution is -2.22. The third-order valence-electron chi connectivity index (χ3n) is 2.25. The van der Waals surface area contributed by atoms with Crippen molar-refractivity contribution in [3.8, 4) is 11.5 Å². The molecular weight excluding hydrogens is 222 g/mol. The van der Waals surface area contributed by atoms with Crippen molar-refractivity contribution < 1.29 is 19.4 Å². The number of phenols is 2. The SMILES string of the molecule is O=C(NCc1ccco1)c1c(O)cccc1O. The smallest absolute Gasteiger partial charge is 0.259 e. The van der Waals surface area contributed by atoms with Gasteiger partial charge < -0.3 is 19.9 Å². The second kappa shape index (κ2) is 4.61. The number of hydrogen-bond donors (Lipinski definition) is 3. The van der Waals surface area contributed by atoms with Crippen LogP contribution in [0.2, 0.25) is 0 Å². The lowest BCUT2D eigenvalue weighted by molar-refractivity contribution is 0.0942. The summed E-state index contributed by atoms with van der Waals surface area (Å²) in [6.07, 6.45) is 1.50. The molecule has 0 unspecified atom stereocenters. The number of aromatic hydroxyl groups is 2. The van der Waals surface area contributed by atoms with Gasteiger partial charge in [0.15, 0.2) is 0 Å². The molecule has 0 atom stereocenters. The predicted octanol–water partition coefficient (Wildman–Crippen LogP) is 1.62. The average molecular weight is 233 g/mol. The van der Waals surface area contributed by atoms with Gasteiger partial charge in [-0.25, -0.2) is 0 Å². The first-order valence-electron chi connectivity index (χ1n) is 5.00. The zero-order valence-electron chi connectivity index (χ0n) is 8.88. The van der Waals surface area contributed by atoms with E-state index in [4.69, 9.17) is 4.42 Å². The molecule has 17 heavy (non-hydrogen) atoms. The van der Waals surface area contributed by atoms with Crippen LogP contribution in [0.4, 0.5) is 0 Å². The summed E-state index contributed by atoms with van der Waals surface area (Å²) in [5, 5.41) is 21.5. The number of hydrogen-bond acceptors (Lipinski definition) is 4. The molecule has 1 heterocycles. The maximum absolute atomic E-state index is 11.7. The highest BCUT2D eigenvalue weighted by Gasteiger charge is 2.15. The molecule has 0 aliphatic rings. The van der Waals surface area contributed by atoms with E-state index >= 15 is 0 Å². The van der Waals surface area contributed by atoms with Crippen molar-refractivity contribution in [3.05, 3.63) is 47.9 Å². The number of furan rings is 1. The molecule has 0 saturated carbocycles. The summed E-state index contributed by atoms with van der Waals surface area (Å²) >= 11 is 0. The van der Waals surface area contributed by atoms with E-state index in [2.05, 4.69) is 5.32 Å². The molecule has 0 aliphatic heterocycles. The van der Waals surface area contributed by atoms with Gasteiger partial charge in [0.25, 0.3) is 5.91 Å². The Labute approximate surface area is 97.3 Å². The normalized spacial score (nSPS) is 10.1. The minimum absolute atomic E-state index is 0.140. The molecule has 1 aromatic carbocycles. The Morgan fingerprint density at radius 1 is 1.18 bits per heavy atom. The van der Waals surface area contributed by atoms with Crippen LogP contribution in [0, 0.1) is 0 Å². The van der Waals surface area contributed by atoms with E-state index in [0.717, 1.165) is 0 Å². The van der Waals surface area contributed by atoms with Gasteiger partial charge in [0, 0.05) is 0 Å². The summed E-state index contributed by atoms with van der Waals surface area (Å²) in [5.74, 6) is -0.492. The van der Waals surface area contributed by atoms with Crippen LogP contribution in [0.15, 0.2) is 41.0 Å². The lowest BCUT2D eigenvalue weighted by Gasteiger charge is -2.07. The Morgan fingerprint density at radius 3 is 2.47 bits per heavy atom. The average Bonchev–Trinajstić information content (AvgIpc) is 2.79. The summed E-state index contributed by atoms with van der Waals surface area (Å²) in [6.45, 7) is 0.194. The Bertz CT molecular complexity index is 499. The van der Waals surface area contributed by atoms with E-state index in [-0.39, 0.29) is 23.6 Å². The van der Waals surface area contributed by atoms with Crippen LogP contribution < -0.4 is 5.32 Å². The van der Waals surface area contributed by atoms with E-state index in [1.54, 1.807) is 12.1 Å². The predicted molar refractivity (Wildman–Crippen MR) is 59.6 cm³/mol. The largest absolute Gasteiger partial charge is 0.507 e. The topological polar surface area (TPSA) is 82.7 Å². The molecule has 0 fully saturated rings. The van der Waals surface area contributed by atoms with Gasteiger partial charge in [0.1, 0.15) is 22.8 Å². The highest BCUT2D eigenvalue weighted by atomic mass is 16.3. The maximum Gasteiger partial charge on any atom is 0.259 e. The third kappa shape index (κ3) is 2.39. The van der Waals surface area contributed by atoms with E-state index in [1.807, 2.05) is 0 Å². The monoisotopic (exact) mass is 233 g/mol.